The Morgan fingerprint density at radius 2 is 1.86 bits per heavy atom. The first kappa shape index (κ1) is 12.3. The van der Waals surface area contributed by atoms with Crippen LogP contribution < -0.4 is 5.73 Å². The molecule has 0 amide bonds. The first-order valence-corrected chi connectivity index (χ1v) is 6.89. The van der Waals surface area contributed by atoms with Gasteiger partial charge in [-0.05, 0) is 54.7 Å². The second kappa shape index (κ2) is 4.28. The summed E-state index contributed by atoms with van der Waals surface area (Å²) in [7, 11) is 0. The van der Waals surface area contributed by atoms with Gasteiger partial charge in [-0.1, -0.05) is 6.07 Å². The number of nitrogens with two attached hydrogens (primary N) is 1. The number of nitrogens with zero attached hydrogens (tertiary/aromatic N) is 2. The molecule has 2 N–H and O–H groups in total. The number of hydrogen-bond acceptors (Lipinski definition) is 2. The smallest absolute Gasteiger partial charge is 0.206 e. The van der Waals surface area contributed by atoms with Crippen LogP contribution in [0.3, 0.4) is 0 Å². The van der Waals surface area contributed by atoms with Gasteiger partial charge in [0.05, 0.1) is 5.52 Å². The van der Waals surface area contributed by atoms with E-state index < -0.39 is 11.6 Å². The van der Waals surface area contributed by atoms with Crippen LogP contribution in [0.4, 0.5) is 14.7 Å². The lowest BCUT2D eigenvalue weighted by molar-refractivity contribution is 0.514. The number of hydrogen-bond donors (Lipinski definition) is 1. The van der Waals surface area contributed by atoms with Crippen molar-refractivity contribution < 1.29 is 8.78 Å². The van der Waals surface area contributed by atoms with Gasteiger partial charge in [0.2, 0.25) is 5.95 Å². The van der Waals surface area contributed by atoms with E-state index in [0.29, 0.717) is 5.52 Å². The lowest BCUT2D eigenvalue weighted by Gasteiger charge is -2.09. The Labute approximate surface area is 120 Å². The van der Waals surface area contributed by atoms with Gasteiger partial charge in [0, 0.05) is 5.69 Å². The maximum atomic E-state index is 14.1. The molecule has 3 aromatic rings. The Morgan fingerprint density at radius 3 is 2.71 bits per heavy atom. The summed E-state index contributed by atoms with van der Waals surface area (Å²) in [5.74, 6) is -1.66. The average Bonchev–Trinajstić information content (AvgIpc) is 3.06. The summed E-state index contributed by atoms with van der Waals surface area (Å²) in [5.41, 5.74) is 9.63. The van der Waals surface area contributed by atoms with E-state index >= 15 is 0 Å². The third-order valence-corrected chi connectivity index (χ3v) is 4.08. The van der Waals surface area contributed by atoms with Crippen molar-refractivity contribution in [3.05, 3.63) is 53.1 Å². The molecule has 1 heterocycles. The molecule has 0 radical (unpaired) electrons. The van der Waals surface area contributed by atoms with Crippen LogP contribution in [0.2, 0.25) is 0 Å². The molecule has 1 aromatic heterocycles. The van der Waals surface area contributed by atoms with Gasteiger partial charge >= 0.3 is 0 Å². The molecule has 0 fully saturated rings. The van der Waals surface area contributed by atoms with E-state index in [1.165, 1.54) is 21.8 Å². The van der Waals surface area contributed by atoms with Crippen molar-refractivity contribution in [2.45, 2.75) is 19.3 Å². The molecule has 0 aliphatic heterocycles. The highest BCUT2D eigenvalue weighted by Crippen LogP contribution is 2.30. The van der Waals surface area contributed by atoms with Crippen molar-refractivity contribution in [1.29, 1.82) is 0 Å². The number of halogens is 2. The maximum absolute atomic E-state index is 14.1. The molecule has 106 valence electrons. The summed E-state index contributed by atoms with van der Waals surface area (Å²) in [6.45, 7) is 0. The number of benzene rings is 2. The molecule has 2 aromatic carbocycles. The van der Waals surface area contributed by atoms with Crippen LogP contribution >= 0.6 is 0 Å². The molecule has 4 rings (SSSR count). The molecule has 0 saturated heterocycles. The highest BCUT2D eigenvalue weighted by atomic mass is 19.2. The number of aromatic nitrogens is 2. The molecule has 1 aliphatic carbocycles. The lowest BCUT2D eigenvalue weighted by Crippen LogP contribution is -2.03. The van der Waals surface area contributed by atoms with Crippen molar-refractivity contribution in [3.63, 3.8) is 0 Å². The van der Waals surface area contributed by atoms with Gasteiger partial charge in [-0.3, -0.25) is 4.57 Å². The van der Waals surface area contributed by atoms with E-state index in [1.807, 2.05) is 18.2 Å². The number of rotatable bonds is 1. The third-order valence-electron chi connectivity index (χ3n) is 4.08. The fraction of sp³-hybridized carbons (Fsp3) is 0.188. The third kappa shape index (κ3) is 1.73. The monoisotopic (exact) mass is 285 g/mol. The van der Waals surface area contributed by atoms with Crippen molar-refractivity contribution in [2.24, 2.45) is 0 Å². The molecular weight excluding hydrogens is 272 g/mol. The number of nitrogen functional groups attached to an aromatic ring is 1. The molecule has 0 atom stereocenters. The average molecular weight is 285 g/mol. The topological polar surface area (TPSA) is 43.8 Å². The number of aryl methyl sites for hydroxylation is 2. The van der Waals surface area contributed by atoms with Gasteiger partial charge in [-0.15, -0.1) is 0 Å². The summed E-state index contributed by atoms with van der Waals surface area (Å²) in [6, 6.07) is 8.40. The van der Waals surface area contributed by atoms with Gasteiger partial charge in [-0.2, -0.15) is 0 Å². The minimum absolute atomic E-state index is 0.0884. The minimum atomic E-state index is -0.919. The quantitative estimate of drug-likeness (QED) is 0.745. The highest BCUT2D eigenvalue weighted by Gasteiger charge is 2.19. The fourth-order valence-corrected chi connectivity index (χ4v) is 3.08. The van der Waals surface area contributed by atoms with Crippen molar-refractivity contribution in [3.8, 4) is 5.69 Å². The van der Waals surface area contributed by atoms with Gasteiger partial charge in [0.15, 0.2) is 11.6 Å². The molecule has 0 spiro atoms. The van der Waals surface area contributed by atoms with E-state index in [0.717, 1.165) is 31.0 Å². The second-order valence-electron chi connectivity index (χ2n) is 5.34. The number of fused-ring (bicyclic) bond motifs is 2. The summed E-state index contributed by atoms with van der Waals surface area (Å²) in [4.78, 5) is 4.12. The molecule has 0 unspecified atom stereocenters. The predicted molar refractivity (Wildman–Crippen MR) is 77.4 cm³/mol. The van der Waals surface area contributed by atoms with Gasteiger partial charge in [-0.25, -0.2) is 13.8 Å². The van der Waals surface area contributed by atoms with Crippen LogP contribution in [0.25, 0.3) is 16.7 Å². The minimum Gasteiger partial charge on any atom is -0.369 e. The summed E-state index contributed by atoms with van der Waals surface area (Å²) < 4.78 is 29.1. The normalized spacial score (nSPS) is 13.8. The van der Waals surface area contributed by atoms with Crippen LogP contribution in [0.1, 0.15) is 17.5 Å². The molecule has 3 nitrogen and oxygen atoms in total. The van der Waals surface area contributed by atoms with Gasteiger partial charge in [0.1, 0.15) is 5.52 Å². The van der Waals surface area contributed by atoms with Crippen LogP contribution in [-0.2, 0) is 12.8 Å². The van der Waals surface area contributed by atoms with Crippen LogP contribution in [0, 0.1) is 11.6 Å². The Kier molecular flexibility index (Phi) is 2.51. The molecule has 21 heavy (non-hydrogen) atoms. The van der Waals surface area contributed by atoms with Crippen LogP contribution in [-0.4, -0.2) is 9.55 Å². The Hall–Kier alpha value is -2.43. The summed E-state index contributed by atoms with van der Waals surface area (Å²) >= 11 is 0. The van der Waals surface area contributed by atoms with Gasteiger partial charge < -0.3 is 5.73 Å². The van der Waals surface area contributed by atoms with E-state index in [-0.39, 0.29) is 11.5 Å². The maximum Gasteiger partial charge on any atom is 0.206 e. The largest absolute Gasteiger partial charge is 0.369 e. The van der Waals surface area contributed by atoms with E-state index in [1.54, 1.807) is 0 Å². The predicted octanol–water partition coefficient (Wildman–Crippen LogP) is 3.37. The van der Waals surface area contributed by atoms with Crippen LogP contribution in [0.5, 0.6) is 0 Å². The SMILES string of the molecule is Nc1nc2ccc(F)c(F)c2n1-c1ccc2c(c1)CCC2. The molecule has 0 saturated carbocycles. The summed E-state index contributed by atoms with van der Waals surface area (Å²) in [6.07, 6.45) is 3.20. The molecular formula is C16H13F2N3. The van der Waals surface area contributed by atoms with Crippen molar-refractivity contribution in [1.82, 2.24) is 9.55 Å². The Balaban J connectivity index is 2.02. The molecule has 1 aliphatic rings. The van der Waals surface area contributed by atoms with Crippen molar-refractivity contribution >= 4 is 17.0 Å². The second-order valence-corrected chi connectivity index (χ2v) is 5.34. The van der Waals surface area contributed by atoms with Crippen molar-refractivity contribution in [2.75, 3.05) is 5.73 Å². The fourth-order valence-electron chi connectivity index (χ4n) is 3.08. The lowest BCUT2D eigenvalue weighted by atomic mass is 10.1. The standard InChI is InChI=1S/C16H13F2N3/c17-12-6-7-13-15(14(12)18)21(16(19)20-13)11-5-4-9-2-1-3-10(9)8-11/h4-8H,1-3H2,(H2,19,20). The van der Waals surface area contributed by atoms with Gasteiger partial charge in [0.25, 0.3) is 0 Å². The first-order chi connectivity index (χ1) is 10.1. The summed E-state index contributed by atoms with van der Waals surface area (Å²) in [5, 5.41) is 0. The highest BCUT2D eigenvalue weighted by molar-refractivity contribution is 5.81. The van der Waals surface area contributed by atoms with E-state index in [2.05, 4.69) is 4.98 Å². The zero-order valence-electron chi connectivity index (χ0n) is 11.2. The van der Waals surface area contributed by atoms with E-state index in [9.17, 15) is 8.78 Å². The Bertz CT molecular complexity index is 868. The van der Waals surface area contributed by atoms with E-state index in [4.69, 9.17) is 5.73 Å². The molecule has 0 bridgehead atoms. The number of anilines is 1. The number of imidazole rings is 1. The Morgan fingerprint density at radius 1 is 1.05 bits per heavy atom. The first-order valence-electron chi connectivity index (χ1n) is 6.89. The zero-order chi connectivity index (χ0) is 14.6. The molecule has 5 heteroatoms. The van der Waals surface area contributed by atoms with Crippen LogP contribution in [0.15, 0.2) is 30.3 Å². The zero-order valence-corrected chi connectivity index (χ0v) is 11.2.